The van der Waals surface area contributed by atoms with Crippen molar-refractivity contribution in [3.8, 4) is 5.75 Å². The van der Waals surface area contributed by atoms with Crippen LogP contribution in [-0.2, 0) is 28.2 Å². The van der Waals surface area contributed by atoms with E-state index in [0.717, 1.165) is 32.4 Å². The number of amides is 2. The van der Waals surface area contributed by atoms with Crippen LogP contribution in [0, 0.1) is 0 Å². The summed E-state index contributed by atoms with van der Waals surface area (Å²) < 4.78 is 66.9. The van der Waals surface area contributed by atoms with Gasteiger partial charge < -0.3 is 24.4 Å². The minimum Gasteiger partial charge on any atom is -0.461 e. The van der Waals surface area contributed by atoms with E-state index in [4.69, 9.17) is 18.5 Å². The standard InChI is InChI=1S/C26H34F2N3O9P/c1-17(21(33)38-19-9-5-3-6-10-19)30-41(36,40-20-11-7-4-8-12-20)37-16-26(28)22(34)25(2,27)23(39-26)31-14-18(15-32)13-29-24(31)35/h4,7-8,11-12,14-15,17,19,22-23,34H,3,5-6,9-10,13,16H2,1-2H3,(H,29,35)(H,30,36). The molecule has 4 rings (SSSR count). The molecule has 1 saturated heterocycles. The minimum absolute atomic E-state index is 0.0432. The van der Waals surface area contributed by atoms with Gasteiger partial charge in [-0.15, -0.1) is 0 Å². The molecule has 1 aliphatic carbocycles. The molecule has 12 nitrogen and oxygen atoms in total. The summed E-state index contributed by atoms with van der Waals surface area (Å²) in [5.74, 6) is -4.01. The number of nitrogens with one attached hydrogen (secondary N) is 2. The number of aldehydes is 1. The van der Waals surface area contributed by atoms with Crippen LogP contribution in [0.4, 0.5) is 13.6 Å². The lowest BCUT2D eigenvalue weighted by Crippen LogP contribution is -2.55. The Morgan fingerprint density at radius 1 is 1.29 bits per heavy atom. The van der Waals surface area contributed by atoms with E-state index in [9.17, 15) is 24.1 Å². The van der Waals surface area contributed by atoms with Gasteiger partial charge >= 0.3 is 19.7 Å². The van der Waals surface area contributed by atoms with Gasteiger partial charge in [0.25, 0.3) is 5.85 Å². The molecule has 2 amide bonds. The first-order chi connectivity index (χ1) is 19.4. The Morgan fingerprint density at radius 3 is 2.63 bits per heavy atom. The predicted molar refractivity (Wildman–Crippen MR) is 140 cm³/mol. The summed E-state index contributed by atoms with van der Waals surface area (Å²) in [6, 6.07) is 5.57. The van der Waals surface area contributed by atoms with Crippen LogP contribution in [0.2, 0.25) is 0 Å². The lowest BCUT2D eigenvalue weighted by Gasteiger charge is -2.33. The first kappa shape index (κ1) is 31.0. The number of aliphatic hydroxyl groups excluding tert-OH is 1. The van der Waals surface area contributed by atoms with Crippen LogP contribution in [0.25, 0.3) is 0 Å². The highest BCUT2D eigenvalue weighted by atomic mass is 31.2. The highest BCUT2D eigenvalue weighted by Crippen LogP contribution is 2.50. The molecule has 1 aromatic rings. The van der Waals surface area contributed by atoms with Gasteiger partial charge in [-0.05, 0) is 51.7 Å². The average molecular weight is 602 g/mol. The van der Waals surface area contributed by atoms with Crippen molar-refractivity contribution < 1.29 is 51.4 Å². The van der Waals surface area contributed by atoms with Crippen molar-refractivity contribution in [3.63, 3.8) is 0 Å². The molecule has 0 radical (unpaired) electrons. The Morgan fingerprint density at radius 2 is 1.98 bits per heavy atom. The van der Waals surface area contributed by atoms with Crippen molar-refractivity contribution in [2.24, 2.45) is 0 Å². The Balaban J connectivity index is 1.51. The van der Waals surface area contributed by atoms with Crippen molar-refractivity contribution in [1.82, 2.24) is 15.3 Å². The van der Waals surface area contributed by atoms with E-state index in [2.05, 4.69) is 10.4 Å². The van der Waals surface area contributed by atoms with Gasteiger partial charge in [0.2, 0.25) is 0 Å². The van der Waals surface area contributed by atoms with Crippen LogP contribution in [0.5, 0.6) is 5.75 Å². The monoisotopic (exact) mass is 601 g/mol. The second-order valence-corrected chi connectivity index (χ2v) is 12.1. The summed E-state index contributed by atoms with van der Waals surface area (Å²) in [4.78, 5) is 36.9. The zero-order chi connectivity index (χ0) is 29.8. The fourth-order valence-corrected chi connectivity index (χ4v) is 6.29. The predicted octanol–water partition coefficient (Wildman–Crippen LogP) is 3.26. The van der Waals surface area contributed by atoms with Crippen LogP contribution in [0.1, 0.15) is 46.0 Å². The van der Waals surface area contributed by atoms with E-state index in [-0.39, 0.29) is 24.0 Å². The SMILES string of the molecule is CC(NP(=O)(OCC1(F)OC(N2C=C(C=O)CNC2=O)C(C)(F)C1O)Oc1ccccc1)C(=O)OC1CCCCC1. The summed E-state index contributed by atoms with van der Waals surface area (Å²) in [6.07, 6.45) is 0.855. The van der Waals surface area contributed by atoms with Crippen molar-refractivity contribution in [1.29, 1.82) is 0 Å². The van der Waals surface area contributed by atoms with Crippen LogP contribution in [-0.4, -0.2) is 77.4 Å². The number of aliphatic hydroxyl groups is 1. The second-order valence-electron chi connectivity index (χ2n) is 10.4. The van der Waals surface area contributed by atoms with E-state index < -0.39 is 56.3 Å². The fourth-order valence-electron chi connectivity index (χ4n) is 4.78. The van der Waals surface area contributed by atoms with Gasteiger partial charge in [-0.25, -0.2) is 18.1 Å². The zero-order valence-corrected chi connectivity index (χ0v) is 23.6. The highest BCUT2D eigenvalue weighted by Gasteiger charge is 2.66. The lowest BCUT2D eigenvalue weighted by atomic mass is 9.96. The fraction of sp³-hybridized carbons (Fsp3) is 0.577. The Bertz CT molecular complexity index is 1200. The molecule has 6 unspecified atom stereocenters. The number of carbonyl (C=O) groups excluding carboxylic acids is 3. The molecule has 1 saturated carbocycles. The third-order valence-corrected chi connectivity index (χ3v) is 8.68. The van der Waals surface area contributed by atoms with Crippen molar-refractivity contribution in [2.45, 2.75) is 82.0 Å². The molecule has 1 aromatic carbocycles. The molecule has 2 fully saturated rings. The molecule has 0 bridgehead atoms. The number of rotatable bonds is 11. The van der Waals surface area contributed by atoms with E-state index in [1.165, 1.54) is 19.1 Å². The minimum atomic E-state index is -4.60. The highest BCUT2D eigenvalue weighted by molar-refractivity contribution is 7.52. The average Bonchev–Trinajstić information content (AvgIpc) is 3.13. The van der Waals surface area contributed by atoms with Gasteiger partial charge in [0.05, 0.1) is 0 Å². The molecule has 0 spiro atoms. The van der Waals surface area contributed by atoms with Gasteiger partial charge in [0, 0.05) is 18.3 Å². The lowest BCUT2D eigenvalue weighted by molar-refractivity contribution is -0.204. The molecule has 2 heterocycles. The molecule has 15 heteroatoms. The molecule has 226 valence electrons. The van der Waals surface area contributed by atoms with E-state index >= 15 is 8.78 Å². The smallest absolute Gasteiger partial charge is 0.459 e. The normalized spacial score (nSPS) is 31.0. The number of halogens is 2. The summed E-state index contributed by atoms with van der Waals surface area (Å²) in [5, 5.41) is 15.3. The largest absolute Gasteiger partial charge is 0.461 e. The summed E-state index contributed by atoms with van der Waals surface area (Å²) in [7, 11) is -4.60. The maximum atomic E-state index is 16.0. The Labute approximate surface area is 235 Å². The summed E-state index contributed by atoms with van der Waals surface area (Å²) in [5.41, 5.74) is -2.85. The van der Waals surface area contributed by atoms with Gasteiger partial charge in [-0.2, -0.15) is 5.09 Å². The maximum absolute atomic E-state index is 16.0. The quantitative estimate of drug-likeness (QED) is 0.196. The Kier molecular flexibility index (Phi) is 9.49. The summed E-state index contributed by atoms with van der Waals surface area (Å²) in [6.45, 7) is 0.712. The zero-order valence-electron chi connectivity index (χ0n) is 22.7. The molecule has 0 aromatic heterocycles. The van der Waals surface area contributed by atoms with Crippen molar-refractivity contribution in [3.05, 3.63) is 42.1 Å². The molecule has 2 aliphatic heterocycles. The van der Waals surface area contributed by atoms with Crippen molar-refractivity contribution >= 4 is 26.0 Å². The molecule has 3 aliphatic rings. The topological polar surface area (TPSA) is 153 Å². The first-order valence-corrected chi connectivity index (χ1v) is 14.8. The van der Waals surface area contributed by atoms with Crippen LogP contribution in [0.15, 0.2) is 42.1 Å². The number of benzene rings is 1. The third kappa shape index (κ3) is 7.12. The number of hydrogen-bond acceptors (Lipinski definition) is 9. The van der Waals surface area contributed by atoms with Gasteiger partial charge in [0.15, 0.2) is 18.0 Å². The number of nitrogens with zero attached hydrogens (tertiary/aromatic N) is 1. The third-order valence-electron chi connectivity index (χ3n) is 7.06. The number of esters is 1. The van der Waals surface area contributed by atoms with E-state index in [1.54, 1.807) is 18.2 Å². The molecular formula is C26H34F2N3O9P. The van der Waals surface area contributed by atoms with E-state index in [1.807, 2.05) is 0 Å². The second kappa shape index (κ2) is 12.5. The Hall–Kier alpha value is -2.90. The molecule has 41 heavy (non-hydrogen) atoms. The number of para-hydroxylation sites is 1. The van der Waals surface area contributed by atoms with Crippen molar-refractivity contribution in [2.75, 3.05) is 13.2 Å². The van der Waals surface area contributed by atoms with Gasteiger partial charge in [-0.3, -0.25) is 19.0 Å². The van der Waals surface area contributed by atoms with Gasteiger partial charge in [-0.1, -0.05) is 24.6 Å². The van der Waals surface area contributed by atoms with Crippen LogP contribution >= 0.6 is 7.75 Å². The number of ether oxygens (including phenoxy) is 2. The maximum Gasteiger partial charge on any atom is 0.459 e. The summed E-state index contributed by atoms with van der Waals surface area (Å²) >= 11 is 0. The van der Waals surface area contributed by atoms with Crippen LogP contribution < -0.4 is 14.9 Å². The first-order valence-electron chi connectivity index (χ1n) is 13.3. The van der Waals surface area contributed by atoms with Crippen LogP contribution in [0.3, 0.4) is 0 Å². The molecular weight excluding hydrogens is 567 g/mol. The number of urea groups is 1. The number of carbonyl (C=O) groups is 3. The molecule has 3 N–H and O–H groups in total. The molecule has 6 atom stereocenters. The number of alkyl halides is 2. The van der Waals surface area contributed by atoms with E-state index in [0.29, 0.717) is 24.0 Å². The van der Waals surface area contributed by atoms with Gasteiger partial charge in [0.1, 0.15) is 30.8 Å². The number of hydrogen-bond donors (Lipinski definition) is 3.